The molecule has 0 saturated heterocycles. The van der Waals surface area contributed by atoms with E-state index in [2.05, 4.69) is 15.8 Å². The molecule has 0 saturated carbocycles. The van der Waals surface area contributed by atoms with Crippen LogP contribution in [0.1, 0.15) is 28.4 Å². The fourth-order valence-corrected chi connectivity index (χ4v) is 3.60. The van der Waals surface area contributed by atoms with Crippen molar-refractivity contribution in [3.8, 4) is 0 Å². The Balaban J connectivity index is 1.52. The molecule has 9 nitrogen and oxygen atoms in total. The first-order valence-electron chi connectivity index (χ1n) is 10.4. The van der Waals surface area contributed by atoms with E-state index in [1.807, 2.05) is 35.0 Å². The van der Waals surface area contributed by atoms with Gasteiger partial charge in [0.1, 0.15) is 0 Å². The third-order valence-electron chi connectivity index (χ3n) is 5.13. The highest BCUT2D eigenvalue weighted by Crippen LogP contribution is 2.22. The van der Waals surface area contributed by atoms with E-state index in [0.717, 1.165) is 22.0 Å². The smallest absolute Gasteiger partial charge is 0.271 e. The number of para-hydroxylation sites is 1. The lowest BCUT2D eigenvalue weighted by atomic mass is 10.2. The molecule has 1 aromatic heterocycles. The molecule has 2 amide bonds. The number of carbonyl (C=O) groups excluding carboxylic acids is 2. The Morgan fingerprint density at radius 3 is 2.56 bits per heavy atom. The van der Waals surface area contributed by atoms with Crippen molar-refractivity contribution in [1.82, 2.24) is 9.99 Å². The molecule has 0 radical (unpaired) electrons. The van der Waals surface area contributed by atoms with Gasteiger partial charge in [-0.25, -0.2) is 5.43 Å². The van der Waals surface area contributed by atoms with Gasteiger partial charge in [0.15, 0.2) is 0 Å². The quantitative estimate of drug-likeness (QED) is 0.245. The van der Waals surface area contributed by atoms with E-state index < -0.39 is 10.8 Å². The Kier molecular flexibility index (Phi) is 6.45. The second-order valence-electron chi connectivity index (χ2n) is 7.61. The van der Waals surface area contributed by atoms with Crippen molar-refractivity contribution in [2.75, 3.05) is 5.32 Å². The van der Waals surface area contributed by atoms with Gasteiger partial charge < -0.3 is 9.88 Å². The summed E-state index contributed by atoms with van der Waals surface area (Å²) in [7, 11) is 0. The zero-order chi connectivity index (χ0) is 24.1. The van der Waals surface area contributed by atoms with E-state index in [-0.39, 0.29) is 11.6 Å². The van der Waals surface area contributed by atoms with Gasteiger partial charge in [0.25, 0.3) is 11.6 Å². The third kappa shape index (κ3) is 5.16. The summed E-state index contributed by atoms with van der Waals surface area (Å²) in [6, 6.07) is 20.8. The number of amides is 2. The molecular formula is C25H21N5O4. The number of hydrogen-bond donors (Lipinski definition) is 2. The second-order valence-corrected chi connectivity index (χ2v) is 7.61. The monoisotopic (exact) mass is 455 g/mol. The highest BCUT2D eigenvalue weighted by molar-refractivity contribution is 6.01. The molecule has 0 aliphatic carbocycles. The van der Waals surface area contributed by atoms with Crippen molar-refractivity contribution in [2.24, 2.45) is 5.10 Å². The second kappa shape index (κ2) is 9.78. The lowest BCUT2D eigenvalue weighted by Gasteiger charge is -2.05. The van der Waals surface area contributed by atoms with E-state index in [0.29, 0.717) is 17.8 Å². The summed E-state index contributed by atoms with van der Waals surface area (Å²) in [6.45, 7) is 1.92. The van der Waals surface area contributed by atoms with Crippen LogP contribution in [0.15, 0.2) is 84.1 Å². The Morgan fingerprint density at radius 2 is 1.82 bits per heavy atom. The lowest BCUT2D eigenvalue weighted by Crippen LogP contribution is -2.18. The maximum absolute atomic E-state index is 12.5. The third-order valence-corrected chi connectivity index (χ3v) is 5.13. The minimum atomic E-state index is -0.423. The number of carbonyl (C=O) groups is 2. The highest BCUT2D eigenvalue weighted by atomic mass is 16.6. The molecule has 0 aliphatic rings. The molecule has 0 spiro atoms. The van der Waals surface area contributed by atoms with Crippen molar-refractivity contribution in [2.45, 2.75) is 13.5 Å². The standard InChI is InChI=1S/C25H21N5O4/c1-17(31)27-21-6-4-5-19(13-21)25(32)28-26-14-20-16-29(24-8-3-2-7-23(20)24)15-18-9-11-22(12-10-18)30(33)34/h2-14,16H,15H2,1H3,(H,27,31)(H,28,32)/b26-14-. The van der Waals surface area contributed by atoms with E-state index in [4.69, 9.17) is 0 Å². The molecule has 0 fully saturated rings. The Morgan fingerprint density at radius 1 is 1.06 bits per heavy atom. The van der Waals surface area contributed by atoms with Gasteiger partial charge in [-0.3, -0.25) is 19.7 Å². The Labute approximate surface area is 194 Å². The first-order valence-corrected chi connectivity index (χ1v) is 10.4. The van der Waals surface area contributed by atoms with E-state index in [9.17, 15) is 19.7 Å². The minimum absolute atomic E-state index is 0.0484. The number of anilines is 1. The predicted octanol–water partition coefficient (Wildman–Crippen LogP) is 4.32. The molecule has 34 heavy (non-hydrogen) atoms. The number of fused-ring (bicyclic) bond motifs is 1. The first kappa shape index (κ1) is 22.4. The molecule has 170 valence electrons. The van der Waals surface area contributed by atoms with Gasteiger partial charge in [-0.1, -0.05) is 36.4 Å². The zero-order valence-corrected chi connectivity index (χ0v) is 18.3. The Bertz CT molecular complexity index is 1410. The number of non-ortho nitro benzene ring substituents is 1. The summed E-state index contributed by atoms with van der Waals surface area (Å²) in [6.07, 6.45) is 3.49. The van der Waals surface area contributed by atoms with Gasteiger partial charge in [0, 0.05) is 59.5 Å². The highest BCUT2D eigenvalue weighted by Gasteiger charge is 2.10. The van der Waals surface area contributed by atoms with Crippen molar-refractivity contribution < 1.29 is 14.5 Å². The van der Waals surface area contributed by atoms with Crippen LogP contribution in [-0.4, -0.2) is 27.5 Å². The number of hydrazone groups is 1. The van der Waals surface area contributed by atoms with Crippen LogP contribution in [0.25, 0.3) is 10.9 Å². The molecule has 0 unspecified atom stereocenters. The van der Waals surface area contributed by atoms with Crippen LogP contribution in [0.4, 0.5) is 11.4 Å². The summed E-state index contributed by atoms with van der Waals surface area (Å²) >= 11 is 0. The maximum Gasteiger partial charge on any atom is 0.271 e. The predicted molar refractivity (Wildman–Crippen MR) is 130 cm³/mol. The van der Waals surface area contributed by atoms with Crippen molar-refractivity contribution in [3.63, 3.8) is 0 Å². The summed E-state index contributed by atoms with van der Waals surface area (Å²) in [5.41, 5.74) is 6.15. The molecule has 0 aliphatic heterocycles. The van der Waals surface area contributed by atoms with Crippen molar-refractivity contribution in [3.05, 3.63) is 106 Å². The van der Waals surface area contributed by atoms with Crippen LogP contribution in [0, 0.1) is 10.1 Å². The van der Waals surface area contributed by atoms with Gasteiger partial charge >= 0.3 is 0 Å². The van der Waals surface area contributed by atoms with Gasteiger partial charge in [-0.05, 0) is 29.8 Å². The topological polar surface area (TPSA) is 119 Å². The zero-order valence-electron chi connectivity index (χ0n) is 18.3. The van der Waals surface area contributed by atoms with Gasteiger partial charge in [0.2, 0.25) is 5.91 Å². The number of hydrogen-bond acceptors (Lipinski definition) is 5. The number of aromatic nitrogens is 1. The largest absolute Gasteiger partial charge is 0.342 e. The average molecular weight is 455 g/mol. The number of rotatable bonds is 7. The number of nitrogens with one attached hydrogen (secondary N) is 2. The van der Waals surface area contributed by atoms with Crippen LogP contribution < -0.4 is 10.7 Å². The molecule has 0 atom stereocenters. The molecule has 3 aromatic carbocycles. The molecule has 4 aromatic rings. The minimum Gasteiger partial charge on any atom is -0.342 e. The molecule has 2 N–H and O–H groups in total. The summed E-state index contributed by atoms with van der Waals surface area (Å²) in [5.74, 6) is -0.626. The van der Waals surface area contributed by atoms with Crippen molar-refractivity contribution in [1.29, 1.82) is 0 Å². The number of nitrogens with zero attached hydrogens (tertiary/aromatic N) is 3. The van der Waals surface area contributed by atoms with Gasteiger partial charge in [-0.15, -0.1) is 0 Å². The lowest BCUT2D eigenvalue weighted by molar-refractivity contribution is -0.384. The number of nitro groups is 1. The molecule has 9 heteroatoms. The van der Waals surface area contributed by atoms with Gasteiger partial charge in [-0.2, -0.15) is 5.10 Å². The molecule has 0 bridgehead atoms. The summed E-state index contributed by atoms with van der Waals surface area (Å²) in [4.78, 5) is 34.2. The normalized spacial score (nSPS) is 11.0. The van der Waals surface area contributed by atoms with Crippen LogP contribution >= 0.6 is 0 Å². The van der Waals surface area contributed by atoms with Crippen molar-refractivity contribution >= 4 is 40.3 Å². The van der Waals surface area contributed by atoms with E-state index in [1.165, 1.54) is 19.1 Å². The number of benzene rings is 3. The summed E-state index contributed by atoms with van der Waals surface area (Å²) < 4.78 is 2.02. The van der Waals surface area contributed by atoms with E-state index in [1.54, 1.807) is 42.6 Å². The fraction of sp³-hybridized carbons (Fsp3) is 0.0800. The first-order chi connectivity index (χ1) is 16.4. The molecular weight excluding hydrogens is 434 g/mol. The van der Waals surface area contributed by atoms with Crippen LogP contribution in [0.5, 0.6) is 0 Å². The fourth-order valence-electron chi connectivity index (χ4n) is 3.60. The average Bonchev–Trinajstić information content (AvgIpc) is 3.16. The molecule has 1 heterocycles. The van der Waals surface area contributed by atoms with Crippen LogP contribution in [0.2, 0.25) is 0 Å². The summed E-state index contributed by atoms with van der Waals surface area (Å²) in [5, 5.41) is 18.6. The number of nitro benzene ring substituents is 1. The Hall–Kier alpha value is -4.79. The molecule has 4 rings (SSSR count). The van der Waals surface area contributed by atoms with Crippen LogP contribution in [-0.2, 0) is 11.3 Å². The van der Waals surface area contributed by atoms with Crippen LogP contribution in [0.3, 0.4) is 0 Å². The van der Waals surface area contributed by atoms with Gasteiger partial charge in [0.05, 0.1) is 11.1 Å². The SMILES string of the molecule is CC(=O)Nc1cccc(C(=O)N/N=C\c2cn(Cc3ccc([N+](=O)[O-])cc3)c3ccccc23)c1. The maximum atomic E-state index is 12.5. The van der Waals surface area contributed by atoms with E-state index >= 15 is 0 Å².